The Labute approximate surface area is 189 Å². The fraction of sp³-hybridized carbons (Fsp3) is 0.708. The van der Waals surface area contributed by atoms with Crippen LogP contribution in [0, 0.1) is 5.92 Å². The van der Waals surface area contributed by atoms with E-state index in [1.807, 2.05) is 0 Å². The number of amides is 1. The van der Waals surface area contributed by atoms with Crippen molar-refractivity contribution < 1.29 is 17.9 Å². The van der Waals surface area contributed by atoms with Crippen LogP contribution in [-0.4, -0.2) is 26.7 Å². The van der Waals surface area contributed by atoms with Gasteiger partial charge in [-0.2, -0.15) is 17.4 Å². The quantitative estimate of drug-likeness (QED) is 0.329. The number of nitrogens with zero attached hydrogens (tertiary/aromatic N) is 1. The zero-order valence-electron chi connectivity index (χ0n) is 20.0. The molecular weight excluding hydrogens is 412 g/mol. The van der Waals surface area contributed by atoms with Gasteiger partial charge in [-0.3, -0.25) is 0 Å². The lowest BCUT2D eigenvalue weighted by atomic mass is 9.97. The van der Waals surface area contributed by atoms with Crippen molar-refractivity contribution >= 4 is 22.0 Å². The number of hydrogen-bond acceptors (Lipinski definition) is 4. The molecule has 1 N–H and O–H groups in total. The minimum atomic E-state index is -4.07. The Kier molecular flexibility index (Phi) is 12.2. The van der Waals surface area contributed by atoms with Crippen LogP contribution in [0.2, 0.25) is 0 Å². The summed E-state index contributed by atoms with van der Waals surface area (Å²) < 4.78 is 34.4. The number of para-hydroxylation sites is 1. The second-order valence-electron chi connectivity index (χ2n) is 9.28. The summed E-state index contributed by atoms with van der Waals surface area (Å²) in [5.41, 5.74) is -0.549. The molecule has 0 aliphatic carbocycles. The smallest absolute Gasteiger partial charge is 0.429 e. The lowest BCUT2D eigenvalue weighted by Gasteiger charge is -2.27. The topological polar surface area (TPSA) is 75.7 Å². The normalized spacial score (nSPS) is 13.1. The molecule has 0 bridgehead atoms. The zero-order valence-corrected chi connectivity index (χ0v) is 20.8. The maximum Gasteiger partial charge on any atom is 0.429 e. The molecule has 1 aromatic carbocycles. The molecule has 0 spiro atoms. The van der Waals surface area contributed by atoms with Crippen molar-refractivity contribution in [2.75, 3.05) is 10.8 Å². The molecule has 1 aromatic rings. The van der Waals surface area contributed by atoms with Crippen molar-refractivity contribution in [3.8, 4) is 0 Å². The largest absolute Gasteiger partial charge is 0.443 e. The minimum absolute atomic E-state index is 0.251. The molecule has 1 unspecified atom stereocenters. The van der Waals surface area contributed by atoms with Crippen LogP contribution in [0.5, 0.6) is 0 Å². The Balaban J connectivity index is 2.55. The zero-order chi connectivity index (χ0) is 23.3. The first-order valence-electron chi connectivity index (χ1n) is 11.6. The van der Waals surface area contributed by atoms with Gasteiger partial charge in [-0.05, 0) is 51.7 Å². The third kappa shape index (κ3) is 11.5. The number of carbonyl (C=O) groups is 1. The van der Waals surface area contributed by atoms with E-state index in [9.17, 15) is 13.2 Å². The molecule has 0 saturated carbocycles. The Morgan fingerprint density at radius 2 is 1.58 bits per heavy atom. The average Bonchev–Trinajstić information content (AvgIpc) is 2.67. The van der Waals surface area contributed by atoms with Crippen LogP contribution < -0.4 is 9.03 Å². The first-order chi connectivity index (χ1) is 14.6. The number of nitrogens with one attached hydrogen (secondary N) is 1. The van der Waals surface area contributed by atoms with E-state index in [1.165, 1.54) is 44.9 Å². The van der Waals surface area contributed by atoms with Gasteiger partial charge >= 0.3 is 16.3 Å². The Hall–Kier alpha value is -1.60. The second-order valence-corrected chi connectivity index (χ2v) is 10.9. The fourth-order valence-corrected chi connectivity index (χ4v) is 4.51. The van der Waals surface area contributed by atoms with Crippen molar-refractivity contribution in [2.45, 2.75) is 98.0 Å². The molecule has 6 nitrogen and oxygen atoms in total. The Morgan fingerprint density at radius 1 is 1.00 bits per heavy atom. The number of anilines is 1. The molecular formula is C24H42N2O4S. The SMILES string of the molecule is CCCCCCCCC(C)CCCNS(=O)(=O)N(C(=O)OC(C)(C)C)c1ccccc1. The van der Waals surface area contributed by atoms with Crippen LogP contribution in [0.25, 0.3) is 0 Å². The predicted molar refractivity (Wildman–Crippen MR) is 128 cm³/mol. The third-order valence-electron chi connectivity index (χ3n) is 5.00. The van der Waals surface area contributed by atoms with Crippen LogP contribution in [0.1, 0.15) is 92.4 Å². The van der Waals surface area contributed by atoms with Gasteiger partial charge in [0.25, 0.3) is 0 Å². The van der Waals surface area contributed by atoms with Crippen molar-refractivity contribution in [3.05, 3.63) is 30.3 Å². The minimum Gasteiger partial charge on any atom is -0.443 e. The maximum absolute atomic E-state index is 12.9. The summed E-state index contributed by atoms with van der Waals surface area (Å²) in [6, 6.07) is 8.29. The van der Waals surface area contributed by atoms with E-state index in [-0.39, 0.29) is 12.2 Å². The van der Waals surface area contributed by atoms with E-state index in [0.29, 0.717) is 10.2 Å². The molecule has 1 amide bonds. The van der Waals surface area contributed by atoms with Crippen molar-refractivity contribution in [1.29, 1.82) is 0 Å². The molecule has 31 heavy (non-hydrogen) atoms. The van der Waals surface area contributed by atoms with Gasteiger partial charge in [0.15, 0.2) is 0 Å². The van der Waals surface area contributed by atoms with E-state index < -0.39 is 21.9 Å². The van der Waals surface area contributed by atoms with E-state index in [2.05, 4.69) is 18.6 Å². The lowest BCUT2D eigenvalue weighted by Crippen LogP contribution is -2.47. The van der Waals surface area contributed by atoms with Gasteiger partial charge in [-0.1, -0.05) is 77.0 Å². The van der Waals surface area contributed by atoms with E-state index >= 15 is 0 Å². The highest BCUT2D eigenvalue weighted by molar-refractivity contribution is 7.91. The first kappa shape index (κ1) is 27.4. The molecule has 0 fully saturated rings. The van der Waals surface area contributed by atoms with Gasteiger partial charge in [0.1, 0.15) is 5.60 Å². The molecule has 0 aliphatic rings. The van der Waals surface area contributed by atoms with Gasteiger partial charge in [-0.25, -0.2) is 4.79 Å². The van der Waals surface area contributed by atoms with Crippen LogP contribution in [-0.2, 0) is 14.9 Å². The summed E-state index contributed by atoms with van der Waals surface area (Å²) in [5, 5.41) is 0. The van der Waals surface area contributed by atoms with Gasteiger partial charge in [0.05, 0.1) is 5.69 Å². The molecule has 1 rings (SSSR count). The van der Waals surface area contributed by atoms with Gasteiger partial charge in [0.2, 0.25) is 0 Å². The van der Waals surface area contributed by atoms with Gasteiger partial charge in [0, 0.05) is 6.54 Å². The Morgan fingerprint density at radius 3 is 2.19 bits per heavy atom. The number of rotatable bonds is 14. The summed E-state index contributed by atoms with van der Waals surface area (Å²) in [4.78, 5) is 12.6. The van der Waals surface area contributed by atoms with Gasteiger partial charge < -0.3 is 4.74 Å². The average molecular weight is 455 g/mol. The van der Waals surface area contributed by atoms with Crippen LogP contribution in [0.15, 0.2) is 30.3 Å². The van der Waals surface area contributed by atoms with E-state index in [1.54, 1.807) is 51.1 Å². The standard InChI is InChI=1S/C24H42N2O4S/c1-6-7-8-9-10-12-16-21(2)17-15-20-25-31(28,29)26(22-18-13-11-14-19-22)23(27)30-24(3,4)5/h11,13-14,18-19,21,25H,6-10,12,15-17,20H2,1-5H3. The molecule has 0 radical (unpaired) electrons. The summed E-state index contributed by atoms with van der Waals surface area (Å²) in [6.07, 6.45) is 9.66. The van der Waals surface area contributed by atoms with Crippen LogP contribution >= 0.6 is 0 Å². The molecule has 1 atom stereocenters. The highest BCUT2D eigenvalue weighted by Gasteiger charge is 2.33. The van der Waals surface area contributed by atoms with Crippen LogP contribution in [0.3, 0.4) is 0 Å². The number of ether oxygens (including phenoxy) is 1. The molecule has 7 heteroatoms. The van der Waals surface area contributed by atoms with Gasteiger partial charge in [-0.15, -0.1) is 0 Å². The molecule has 0 saturated heterocycles. The first-order valence-corrected chi connectivity index (χ1v) is 13.1. The second kappa shape index (κ2) is 13.7. The molecule has 0 heterocycles. The number of hydrogen-bond donors (Lipinski definition) is 1. The van der Waals surface area contributed by atoms with Crippen LogP contribution in [0.4, 0.5) is 10.5 Å². The summed E-state index contributed by atoms with van der Waals surface area (Å²) in [6.45, 7) is 9.85. The van der Waals surface area contributed by atoms with E-state index in [0.717, 1.165) is 12.8 Å². The summed E-state index contributed by atoms with van der Waals surface area (Å²) in [7, 11) is -4.07. The highest BCUT2D eigenvalue weighted by Crippen LogP contribution is 2.21. The van der Waals surface area contributed by atoms with Crippen molar-refractivity contribution in [2.24, 2.45) is 5.92 Å². The monoisotopic (exact) mass is 454 g/mol. The molecule has 178 valence electrons. The van der Waals surface area contributed by atoms with Crippen molar-refractivity contribution in [1.82, 2.24) is 4.72 Å². The van der Waals surface area contributed by atoms with Crippen molar-refractivity contribution in [3.63, 3.8) is 0 Å². The van der Waals surface area contributed by atoms with E-state index in [4.69, 9.17) is 4.74 Å². The number of unbranched alkanes of at least 4 members (excludes halogenated alkanes) is 5. The highest BCUT2D eigenvalue weighted by atomic mass is 32.2. The molecule has 0 aromatic heterocycles. The summed E-state index contributed by atoms with van der Waals surface area (Å²) in [5.74, 6) is 0.562. The summed E-state index contributed by atoms with van der Waals surface area (Å²) >= 11 is 0. The Bertz CT molecular complexity index is 730. The third-order valence-corrected chi connectivity index (χ3v) is 6.41. The fourth-order valence-electron chi connectivity index (χ4n) is 3.34. The predicted octanol–water partition coefficient (Wildman–Crippen LogP) is 6.43. The number of benzene rings is 1. The molecule has 0 aliphatic heterocycles. The maximum atomic E-state index is 12.9. The lowest BCUT2D eigenvalue weighted by molar-refractivity contribution is 0.0608. The number of carbonyl (C=O) groups excluding carboxylic acids is 1.